The summed E-state index contributed by atoms with van der Waals surface area (Å²) in [6.45, 7) is 2.56. The van der Waals surface area contributed by atoms with Crippen molar-refractivity contribution in [1.29, 1.82) is 0 Å². The topological polar surface area (TPSA) is 85.4 Å². The van der Waals surface area contributed by atoms with Gasteiger partial charge in [0.05, 0.1) is 18.0 Å². The molecular weight excluding hydrogens is 330 g/mol. The number of H-pyrrole nitrogens is 1. The van der Waals surface area contributed by atoms with Gasteiger partial charge >= 0.3 is 6.03 Å². The number of benzene rings is 1. The van der Waals surface area contributed by atoms with E-state index in [1.807, 2.05) is 6.92 Å². The van der Waals surface area contributed by atoms with Crippen LogP contribution < -0.4 is 5.32 Å². The van der Waals surface area contributed by atoms with Crippen molar-refractivity contribution in [3.63, 3.8) is 0 Å². The summed E-state index contributed by atoms with van der Waals surface area (Å²) in [4.78, 5) is 29.3. The van der Waals surface area contributed by atoms with E-state index in [1.165, 1.54) is 11.0 Å². The number of hydrogen-bond acceptors (Lipinski definition) is 3. The predicted octanol–water partition coefficient (Wildman–Crippen LogP) is 3.14. The first-order valence-corrected chi connectivity index (χ1v) is 8.09. The summed E-state index contributed by atoms with van der Waals surface area (Å²) in [5.74, 6) is -0.262. The number of urea groups is 1. The lowest BCUT2D eigenvalue weighted by Crippen LogP contribution is -2.37. The van der Waals surface area contributed by atoms with Crippen molar-refractivity contribution in [3.05, 3.63) is 52.8 Å². The maximum atomic E-state index is 12.6. The van der Waals surface area contributed by atoms with Crippen LogP contribution >= 0.6 is 11.6 Å². The number of amides is 2. The minimum absolute atomic E-state index is 0.123. The number of anilines is 1. The van der Waals surface area contributed by atoms with Crippen molar-refractivity contribution in [1.82, 2.24) is 9.88 Å². The summed E-state index contributed by atoms with van der Waals surface area (Å²) in [6, 6.07) is 7.74. The first-order chi connectivity index (χ1) is 11.6. The van der Waals surface area contributed by atoms with Crippen LogP contribution in [0.5, 0.6) is 0 Å². The molecule has 24 heavy (non-hydrogen) atoms. The van der Waals surface area contributed by atoms with E-state index in [4.69, 9.17) is 16.7 Å². The fourth-order valence-corrected chi connectivity index (χ4v) is 2.50. The van der Waals surface area contributed by atoms with E-state index in [0.717, 1.165) is 6.42 Å². The van der Waals surface area contributed by atoms with Gasteiger partial charge in [0.1, 0.15) is 0 Å². The molecule has 2 aromatic rings. The maximum absolute atomic E-state index is 12.6. The quantitative estimate of drug-likeness (QED) is 0.671. The van der Waals surface area contributed by atoms with Gasteiger partial charge in [0.25, 0.3) is 0 Å². The molecule has 2 amide bonds. The number of carbonyl (C=O) groups is 2. The zero-order valence-corrected chi connectivity index (χ0v) is 14.1. The number of nitrogens with one attached hydrogen (secondary N) is 2. The molecule has 2 rings (SSSR count). The predicted molar refractivity (Wildman–Crippen MR) is 93.6 cm³/mol. The highest BCUT2D eigenvalue weighted by molar-refractivity contribution is 6.31. The normalized spacial score (nSPS) is 10.5. The second kappa shape index (κ2) is 8.52. The van der Waals surface area contributed by atoms with Gasteiger partial charge in [0, 0.05) is 29.9 Å². The van der Waals surface area contributed by atoms with Crippen LogP contribution in [0, 0.1) is 0 Å². The molecule has 0 unspecified atom stereocenters. The number of rotatable bonds is 7. The minimum atomic E-state index is -0.367. The largest absolute Gasteiger partial charge is 0.395 e. The molecule has 6 nitrogen and oxygen atoms in total. The second-order valence-corrected chi connectivity index (χ2v) is 5.68. The van der Waals surface area contributed by atoms with Crippen molar-refractivity contribution in [2.45, 2.75) is 13.3 Å². The summed E-state index contributed by atoms with van der Waals surface area (Å²) < 4.78 is 0. The SMILES string of the molecule is CCCN(CCO)C(=O)Nc1ccc(Cl)cc1C(=O)c1ccc[nH]1. The maximum Gasteiger partial charge on any atom is 0.321 e. The number of ketones is 1. The fourth-order valence-electron chi connectivity index (χ4n) is 2.33. The van der Waals surface area contributed by atoms with E-state index in [9.17, 15) is 9.59 Å². The molecular formula is C17H20ClN3O3. The second-order valence-electron chi connectivity index (χ2n) is 5.24. The Morgan fingerprint density at radius 1 is 1.29 bits per heavy atom. The molecule has 0 aliphatic carbocycles. The Labute approximate surface area is 145 Å². The molecule has 0 saturated heterocycles. The molecule has 0 aliphatic heterocycles. The highest BCUT2D eigenvalue weighted by Gasteiger charge is 2.19. The Kier molecular flexibility index (Phi) is 6.40. The van der Waals surface area contributed by atoms with Gasteiger partial charge in [-0.15, -0.1) is 0 Å². The summed E-state index contributed by atoms with van der Waals surface area (Å²) in [6.07, 6.45) is 2.42. The Balaban J connectivity index is 2.27. The van der Waals surface area contributed by atoms with Gasteiger partial charge in [-0.05, 0) is 36.8 Å². The monoisotopic (exact) mass is 349 g/mol. The van der Waals surface area contributed by atoms with Gasteiger partial charge in [-0.3, -0.25) is 4.79 Å². The van der Waals surface area contributed by atoms with Crippen molar-refractivity contribution in [3.8, 4) is 0 Å². The number of hydrogen-bond donors (Lipinski definition) is 3. The van der Waals surface area contributed by atoms with E-state index < -0.39 is 0 Å². The highest BCUT2D eigenvalue weighted by atomic mass is 35.5. The van der Waals surface area contributed by atoms with E-state index in [1.54, 1.807) is 30.5 Å². The third-order valence-corrected chi connectivity index (χ3v) is 3.70. The lowest BCUT2D eigenvalue weighted by Gasteiger charge is -2.22. The van der Waals surface area contributed by atoms with Gasteiger partial charge in [-0.25, -0.2) is 4.79 Å². The lowest BCUT2D eigenvalue weighted by atomic mass is 10.1. The highest BCUT2D eigenvalue weighted by Crippen LogP contribution is 2.23. The third-order valence-electron chi connectivity index (χ3n) is 3.46. The standard InChI is InChI=1S/C17H20ClN3O3/c1-2-8-21(9-10-22)17(24)20-14-6-5-12(18)11-13(14)16(23)15-4-3-7-19-15/h3-7,11,19,22H,2,8-10H2,1H3,(H,20,24). The van der Waals surface area contributed by atoms with E-state index >= 15 is 0 Å². The van der Waals surface area contributed by atoms with Gasteiger partial charge in [-0.2, -0.15) is 0 Å². The summed E-state index contributed by atoms with van der Waals surface area (Å²) in [5.41, 5.74) is 1.09. The molecule has 0 fully saturated rings. The zero-order valence-electron chi connectivity index (χ0n) is 13.4. The molecule has 3 N–H and O–H groups in total. The molecule has 1 aromatic carbocycles. The first-order valence-electron chi connectivity index (χ1n) is 7.71. The Hall–Kier alpha value is -2.31. The van der Waals surface area contributed by atoms with Gasteiger partial charge < -0.3 is 20.3 Å². The minimum Gasteiger partial charge on any atom is -0.395 e. The molecule has 0 atom stereocenters. The summed E-state index contributed by atoms with van der Waals surface area (Å²) in [5, 5.41) is 12.2. The number of halogens is 1. The van der Waals surface area contributed by atoms with Crippen LogP contribution in [-0.2, 0) is 0 Å². The van der Waals surface area contributed by atoms with Crippen LogP contribution in [0.1, 0.15) is 29.4 Å². The molecule has 128 valence electrons. The average molecular weight is 350 g/mol. The van der Waals surface area contributed by atoms with Gasteiger partial charge in [0.15, 0.2) is 0 Å². The van der Waals surface area contributed by atoms with Crippen LogP contribution in [0.15, 0.2) is 36.5 Å². The fraction of sp³-hybridized carbons (Fsp3) is 0.294. The number of nitrogens with zero attached hydrogens (tertiary/aromatic N) is 1. The molecule has 1 aromatic heterocycles. The van der Waals surface area contributed by atoms with Crippen LogP contribution in [0.2, 0.25) is 5.02 Å². The summed E-state index contributed by atoms with van der Waals surface area (Å²) >= 11 is 6.00. The number of carbonyl (C=O) groups excluding carboxylic acids is 2. The van der Waals surface area contributed by atoms with E-state index in [2.05, 4.69) is 10.3 Å². The van der Waals surface area contributed by atoms with E-state index in [-0.39, 0.29) is 25.0 Å². The molecule has 0 saturated carbocycles. The van der Waals surface area contributed by atoms with Gasteiger partial charge in [0.2, 0.25) is 5.78 Å². The number of aromatic nitrogens is 1. The lowest BCUT2D eigenvalue weighted by molar-refractivity contribution is 0.103. The van der Waals surface area contributed by atoms with Crippen molar-refractivity contribution in [2.24, 2.45) is 0 Å². The zero-order chi connectivity index (χ0) is 17.5. The molecule has 0 aliphatic rings. The molecule has 0 spiro atoms. The van der Waals surface area contributed by atoms with E-state index in [0.29, 0.717) is 28.5 Å². The molecule has 1 heterocycles. The Bertz CT molecular complexity index is 695. The molecule has 7 heteroatoms. The van der Waals surface area contributed by atoms with Gasteiger partial charge in [-0.1, -0.05) is 18.5 Å². The van der Waals surface area contributed by atoms with Crippen molar-refractivity contribution >= 4 is 29.1 Å². The number of aliphatic hydroxyl groups is 1. The van der Waals surface area contributed by atoms with Crippen molar-refractivity contribution < 1.29 is 14.7 Å². The number of aromatic amines is 1. The first kappa shape index (κ1) is 18.0. The van der Waals surface area contributed by atoms with Crippen LogP contribution in [0.25, 0.3) is 0 Å². The third kappa shape index (κ3) is 4.37. The van der Waals surface area contributed by atoms with Crippen LogP contribution in [-0.4, -0.2) is 46.5 Å². The Morgan fingerprint density at radius 3 is 2.71 bits per heavy atom. The Morgan fingerprint density at radius 2 is 2.08 bits per heavy atom. The number of aliphatic hydroxyl groups excluding tert-OH is 1. The van der Waals surface area contributed by atoms with Crippen LogP contribution in [0.4, 0.5) is 10.5 Å². The van der Waals surface area contributed by atoms with Crippen molar-refractivity contribution in [2.75, 3.05) is 25.0 Å². The molecule has 0 bridgehead atoms. The smallest absolute Gasteiger partial charge is 0.321 e. The average Bonchev–Trinajstić information content (AvgIpc) is 3.10. The summed E-state index contributed by atoms with van der Waals surface area (Å²) in [7, 11) is 0. The van der Waals surface area contributed by atoms with Crippen LogP contribution in [0.3, 0.4) is 0 Å². The molecule has 0 radical (unpaired) electrons.